The fourth-order valence-corrected chi connectivity index (χ4v) is 4.00. The summed E-state index contributed by atoms with van der Waals surface area (Å²) in [6, 6.07) is 5.57. The molecular formula is C20H19BrF2N2O2. The summed E-state index contributed by atoms with van der Waals surface area (Å²) < 4.78 is 33.5. The minimum atomic E-state index is -1.03. The van der Waals surface area contributed by atoms with Gasteiger partial charge in [0.25, 0.3) is 0 Å². The van der Waals surface area contributed by atoms with Gasteiger partial charge in [0.15, 0.2) is 17.4 Å². The van der Waals surface area contributed by atoms with Crippen molar-refractivity contribution in [3.05, 3.63) is 45.9 Å². The number of carbonyl (C=O) groups excluding carboxylic acids is 1. The lowest BCUT2D eigenvalue weighted by molar-refractivity contribution is -0.124. The first kappa shape index (κ1) is 18.2. The highest BCUT2D eigenvalue weighted by Crippen LogP contribution is 2.45. The predicted molar refractivity (Wildman–Crippen MR) is 103 cm³/mol. The molecule has 1 saturated carbocycles. The van der Waals surface area contributed by atoms with Crippen LogP contribution >= 0.6 is 15.9 Å². The molecule has 142 valence electrons. The van der Waals surface area contributed by atoms with E-state index in [2.05, 4.69) is 21.2 Å². The van der Waals surface area contributed by atoms with Crippen molar-refractivity contribution in [1.29, 1.82) is 0 Å². The van der Waals surface area contributed by atoms with Crippen LogP contribution in [0.2, 0.25) is 0 Å². The second kappa shape index (κ2) is 6.78. The molecule has 3 N–H and O–H groups in total. The van der Waals surface area contributed by atoms with Crippen LogP contribution < -0.4 is 15.8 Å². The standard InChI is InChI=1S/C20H19BrF2N2O2/c1-9-11(19(26)10-2-3-10)6-12-17(25-9)5-4-13(21)20(12)27-18-8-15(23)14(22)7-16(18)24/h4-5,7-11,25H,2-3,6,24H2,1H3/t9-,11?/m0/s1. The SMILES string of the molecule is C[C@@H]1Nc2ccc(Br)c(Oc3cc(F)c(F)cc3N)c2CC1C(=O)C1CC1. The lowest BCUT2D eigenvalue weighted by Crippen LogP contribution is -2.38. The molecule has 0 saturated heterocycles. The summed E-state index contributed by atoms with van der Waals surface area (Å²) >= 11 is 3.46. The fraction of sp³-hybridized carbons (Fsp3) is 0.350. The Balaban J connectivity index is 1.71. The number of fused-ring (bicyclic) bond motifs is 1. The molecule has 0 amide bonds. The third-order valence-electron chi connectivity index (χ3n) is 5.23. The van der Waals surface area contributed by atoms with Crippen LogP contribution in [0, 0.1) is 23.5 Å². The zero-order chi connectivity index (χ0) is 19.3. The Morgan fingerprint density at radius 1 is 1.26 bits per heavy atom. The molecule has 7 heteroatoms. The Bertz CT molecular complexity index is 931. The van der Waals surface area contributed by atoms with Crippen LogP contribution in [-0.4, -0.2) is 11.8 Å². The molecule has 0 radical (unpaired) electrons. The minimum Gasteiger partial charge on any atom is -0.454 e. The van der Waals surface area contributed by atoms with E-state index >= 15 is 0 Å². The van der Waals surface area contributed by atoms with E-state index in [9.17, 15) is 13.6 Å². The number of nitrogen functional groups attached to an aromatic ring is 1. The van der Waals surface area contributed by atoms with Crippen molar-refractivity contribution in [2.24, 2.45) is 11.8 Å². The van der Waals surface area contributed by atoms with Gasteiger partial charge in [-0.15, -0.1) is 0 Å². The maximum absolute atomic E-state index is 13.6. The Morgan fingerprint density at radius 2 is 1.96 bits per heavy atom. The molecule has 2 aromatic carbocycles. The number of ketones is 1. The van der Waals surface area contributed by atoms with Crippen molar-refractivity contribution >= 4 is 33.1 Å². The maximum atomic E-state index is 13.6. The van der Waals surface area contributed by atoms with E-state index in [1.165, 1.54) is 0 Å². The number of anilines is 2. The molecule has 0 aromatic heterocycles. The number of rotatable bonds is 4. The van der Waals surface area contributed by atoms with E-state index in [0.29, 0.717) is 16.6 Å². The lowest BCUT2D eigenvalue weighted by Gasteiger charge is -2.33. The van der Waals surface area contributed by atoms with Gasteiger partial charge in [0.1, 0.15) is 11.5 Å². The average molecular weight is 437 g/mol. The van der Waals surface area contributed by atoms with E-state index in [4.69, 9.17) is 10.5 Å². The first-order valence-corrected chi connectivity index (χ1v) is 9.68. The van der Waals surface area contributed by atoms with Crippen LogP contribution in [0.3, 0.4) is 0 Å². The number of hydrogen-bond donors (Lipinski definition) is 2. The molecule has 0 spiro atoms. The smallest absolute Gasteiger partial charge is 0.162 e. The fourth-order valence-electron chi connectivity index (χ4n) is 3.55. The van der Waals surface area contributed by atoms with Crippen molar-refractivity contribution in [2.45, 2.75) is 32.2 Å². The van der Waals surface area contributed by atoms with Crippen molar-refractivity contribution in [1.82, 2.24) is 0 Å². The molecule has 2 atom stereocenters. The Morgan fingerprint density at radius 3 is 2.67 bits per heavy atom. The molecule has 1 unspecified atom stereocenters. The second-order valence-corrected chi connectivity index (χ2v) is 8.08. The van der Waals surface area contributed by atoms with Gasteiger partial charge in [0.2, 0.25) is 0 Å². The number of benzene rings is 2. The van der Waals surface area contributed by atoms with Gasteiger partial charge in [0.05, 0.1) is 10.2 Å². The van der Waals surface area contributed by atoms with Gasteiger partial charge >= 0.3 is 0 Å². The lowest BCUT2D eigenvalue weighted by atomic mass is 9.83. The Hall–Kier alpha value is -2.15. The van der Waals surface area contributed by atoms with E-state index < -0.39 is 11.6 Å². The number of nitrogens with two attached hydrogens (primary N) is 1. The van der Waals surface area contributed by atoms with Gasteiger partial charge in [-0.05, 0) is 54.2 Å². The number of ether oxygens (including phenoxy) is 1. The van der Waals surface area contributed by atoms with Crippen LogP contribution in [0.1, 0.15) is 25.3 Å². The van der Waals surface area contributed by atoms with Crippen molar-refractivity contribution in [3.8, 4) is 11.5 Å². The Labute approximate surface area is 164 Å². The molecule has 2 aliphatic rings. The molecule has 0 bridgehead atoms. The summed E-state index contributed by atoms with van der Waals surface area (Å²) in [7, 11) is 0. The highest BCUT2D eigenvalue weighted by atomic mass is 79.9. The largest absolute Gasteiger partial charge is 0.454 e. The zero-order valence-corrected chi connectivity index (χ0v) is 16.3. The first-order valence-electron chi connectivity index (χ1n) is 8.89. The van der Waals surface area contributed by atoms with Crippen LogP contribution in [0.4, 0.5) is 20.2 Å². The molecule has 1 heterocycles. The van der Waals surface area contributed by atoms with Gasteiger partial charge < -0.3 is 15.8 Å². The van der Waals surface area contributed by atoms with E-state index in [-0.39, 0.29) is 35.1 Å². The average Bonchev–Trinajstić information content (AvgIpc) is 3.46. The molecule has 1 aliphatic heterocycles. The van der Waals surface area contributed by atoms with Crippen LogP contribution in [0.5, 0.6) is 11.5 Å². The molecular weight excluding hydrogens is 418 g/mol. The third kappa shape index (κ3) is 3.40. The molecule has 1 aliphatic carbocycles. The number of nitrogens with one attached hydrogen (secondary N) is 1. The molecule has 1 fully saturated rings. The molecule has 2 aromatic rings. The van der Waals surface area contributed by atoms with E-state index in [1.54, 1.807) is 0 Å². The summed E-state index contributed by atoms with van der Waals surface area (Å²) in [6.45, 7) is 2.00. The summed E-state index contributed by atoms with van der Waals surface area (Å²) in [5, 5.41) is 3.38. The van der Waals surface area contributed by atoms with E-state index in [1.807, 2.05) is 19.1 Å². The summed E-state index contributed by atoms with van der Waals surface area (Å²) in [5.41, 5.74) is 7.48. The van der Waals surface area contributed by atoms with Gasteiger partial charge in [-0.25, -0.2) is 8.78 Å². The van der Waals surface area contributed by atoms with Crippen LogP contribution in [0.15, 0.2) is 28.7 Å². The molecule has 4 nitrogen and oxygen atoms in total. The third-order valence-corrected chi connectivity index (χ3v) is 5.86. The summed E-state index contributed by atoms with van der Waals surface area (Å²) in [4.78, 5) is 12.7. The van der Waals surface area contributed by atoms with Crippen LogP contribution in [-0.2, 0) is 11.2 Å². The van der Waals surface area contributed by atoms with Gasteiger partial charge in [-0.3, -0.25) is 4.79 Å². The minimum absolute atomic E-state index is 0.00106. The topological polar surface area (TPSA) is 64.3 Å². The van der Waals surface area contributed by atoms with E-state index in [0.717, 1.165) is 36.2 Å². The molecule has 27 heavy (non-hydrogen) atoms. The maximum Gasteiger partial charge on any atom is 0.162 e. The van der Waals surface area contributed by atoms with Gasteiger partial charge in [-0.1, -0.05) is 0 Å². The highest BCUT2D eigenvalue weighted by molar-refractivity contribution is 9.10. The van der Waals surface area contributed by atoms with Crippen molar-refractivity contribution in [3.63, 3.8) is 0 Å². The van der Waals surface area contributed by atoms with Crippen molar-refractivity contribution < 1.29 is 18.3 Å². The van der Waals surface area contributed by atoms with Gasteiger partial charge in [-0.2, -0.15) is 0 Å². The first-order chi connectivity index (χ1) is 12.8. The quantitative estimate of drug-likeness (QED) is 0.657. The number of hydrogen-bond acceptors (Lipinski definition) is 4. The number of Topliss-reactive ketones (excluding diaryl/α,β-unsaturated/α-hetero) is 1. The molecule has 4 rings (SSSR count). The highest BCUT2D eigenvalue weighted by Gasteiger charge is 2.40. The van der Waals surface area contributed by atoms with Crippen LogP contribution in [0.25, 0.3) is 0 Å². The zero-order valence-electron chi connectivity index (χ0n) is 14.7. The summed E-state index contributed by atoms with van der Waals surface area (Å²) in [5.74, 6) is -1.28. The van der Waals surface area contributed by atoms with Crippen molar-refractivity contribution in [2.75, 3.05) is 11.1 Å². The van der Waals surface area contributed by atoms with Gasteiger partial charge in [0, 0.05) is 41.3 Å². The normalized spacial score (nSPS) is 21.3. The monoisotopic (exact) mass is 436 g/mol. The number of halogens is 3. The number of carbonyl (C=O) groups is 1. The predicted octanol–water partition coefficient (Wildman–Crippen LogP) is 5.05. The second-order valence-electron chi connectivity index (χ2n) is 7.23. The summed E-state index contributed by atoms with van der Waals surface area (Å²) in [6.07, 6.45) is 2.45. The Kier molecular flexibility index (Phi) is 4.58.